The van der Waals surface area contributed by atoms with Crippen LogP contribution in [0.1, 0.15) is 23.2 Å². The molecule has 1 aliphatic heterocycles. The first-order valence-corrected chi connectivity index (χ1v) is 11.5. The van der Waals surface area contributed by atoms with Crippen molar-refractivity contribution in [3.63, 3.8) is 0 Å². The highest BCUT2D eigenvalue weighted by Crippen LogP contribution is 2.38. The Bertz CT molecular complexity index is 1120. The van der Waals surface area contributed by atoms with Gasteiger partial charge < -0.3 is 24.3 Å². The van der Waals surface area contributed by atoms with Crippen LogP contribution >= 0.6 is 0 Å². The standard InChI is InChI=1S/C22H26N2O8S/c1-29-17-12-14(13-18(30-2)20(17)31-3)21(25)23-15-8-5-6-10-19(15)33(27,28)24-11-7-9-16(24)22(26)32-4/h5-6,8,10,12-13,16H,7,9,11H2,1-4H3,(H,23,25)/t16-/m0/s1. The van der Waals surface area contributed by atoms with Gasteiger partial charge in [-0.2, -0.15) is 4.31 Å². The van der Waals surface area contributed by atoms with Crippen LogP contribution in [0.3, 0.4) is 0 Å². The van der Waals surface area contributed by atoms with Crippen molar-refractivity contribution in [2.24, 2.45) is 0 Å². The number of ether oxygens (including phenoxy) is 4. The number of methoxy groups -OCH3 is 4. The lowest BCUT2D eigenvalue weighted by Gasteiger charge is -2.23. The summed E-state index contributed by atoms with van der Waals surface area (Å²) in [5.74, 6) is -0.318. The van der Waals surface area contributed by atoms with Gasteiger partial charge in [0.25, 0.3) is 5.91 Å². The molecule has 1 saturated heterocycles. The zero-order valence-corrected chi connectivity index (χ0v) is 19.6. The Kier molecular flexibility index (Phi) is 7.44. The number of sulfonamides is 1. The van der Waals surface area contributed by atoms with E-state index in [2.05, 4.69) is 5.32 Å². The highest BCUT2D eigenvalue weighted by molar-refractivity contribution is 7.89. The molecule has 0 saturated carbocycles. The highest BCUT2D eigenvalue weighted by atomic mass is 32.2. The molecule has 1 N–H and O–H groups in total. The fourth-order valence-electron chi connectivity index (χ4n) is 3.73. The van der Waals surface area contributed by atoms with E-state index in [4.69, 9.17) is 18.9 Å². The number of anilines is 1. The maximum Gasteiger partial charge on any atom is 0.324 e. The van der Waals surface area contributed by atoms with Gasteiger partial charge in [-0.1, -0.05) is 12.1 Å². The topological polar surface area (TPSA) is 120 Å². The quantitative estimate of drug-likeness (QED) is 0.574. The van der Waals surface area contributed by atoms with Crippen LogP contribution < -0.4 is 19.5 Å². The second kappa shape index (κ2) is 10.1. The van der Waals surface area contributed by atoms with Gasteiger partial charge in [0.1, 0.15) is 10.9 Å². The van der Waals surface area contributed by atoms with Crippen LogP contribution in [0.25, 0.3) is 0 Å². The van der Waals surface area contributed by atoms with Crippen molar-refractivity contribution in [2.45, 2.75) is 23.8 Å². The number of hydrogen-bond acceptors (Lipinski definition) is 8. The summed E-state index contributed by atoms with van der Waals surface area (Å²) < 4.78 is 48.5. The first kappa shape index (κ1) is 24.3. The van der Waals surface area contributed by atoms with Crippen molar-refractivity contribution in [3.05, 3.63) is 42.0 Å². The third kappa shape index (κ3) is 4.74. The third-order valence-electron chi connectivity index (χ3n) is 5.33. The van der Waals surface area contributed by atoms with Gasteiger partial charge >= 0.3 is 5.97 Å². The first-order chi connectivity index (χ1) is 15.8. The average molecular weight is 479 g/mol. The number of nitrogens with one attached hydrogen (secondary N) is 1. The molecule has 0 spiro atoms. The van der Waals surface area contributed by atoms with E-state index in [9.17, 15) is 18.0 Å². The smallest absolute Gasteiger partial charge is 0.324 e. The van der Waals surface area contributed by atoms with Crippen molar-refractivity contribution in [3.8, 4) is 17.2 Å². The van der Waals surface area contributed by atoms with Gasteiger partial charge in [-0.25, -0.2) is 8.42 Å². The van der Waals surface area contributed by atoms with Crippen molar-refractivity contribution >= 4 is 27.6 Å². The van der Waals surface area contributed by atoms with E-state index >= 15 is 0 Å². The number of benzene rings is 2. The van der Waals surface area contributed by atoms with Gasteiger partial charge in [-0.15, -0.1) is 0 Å². The fourth-order valence-corrected chi connectivity index (χ4v) is 5.52. The molecular formula is C22H26N2O8S. The van der Waals surface area contributed by atoms with E-state index in [0.29, 0.717) is 18.6 Å². The molecule has 1 atom stereocenters. The number of amides is 1. The lowest BCUT2D eigenvalue weighted by atomic mass is 10.1. The summed E-state index contributed by atoms with van der Waals surface area (Å²) in [7, 11) is 1.43. The SMILES string of the molecule is COC(=O)[C@@H]1CCCN1S(=O)(=O)c1ccccc1NC(=O)c1cc(OC)c(OC)c(OC)c1. The molecule has 0 aliphatic carbocycles. The Balaban J connectivity index is 1.96. The van der Waals surface area contributed by atoms with Crippen molar-refractivity contribution in [1.82, 2.24) is 4.31 Å². The minimum atomic E-state index is -4.09. The molecule has 0 bridgehead atoms. The molecule has 1 amide bonds. The summed E-state index contributed by atoms with van der Waals surface area (Å²) in [6, 6.07) is 8.03. The molecule has 0 unspecified atom stereocenters. The molecule has 0 radical (unpaired) electrons. The van der Waals surface area contributed by atoms with Crippen LogP contribution in [-0.4, -0.2) is 65.6 Å². The number of rotatable bonds is 8. The minimum Gasteiger partial charge on any atom is -0.493 e. The maximum absolute atomic E-state index is 13.4. The number of esters is 1. The maximum atomic E-state index is 13.4. The van der Waals surface area contributed by atoms with Gasteiger partial charge in [0.05, 0.1) is 34.1 Å². The van der Waals surface area contributed by atoms with Crippen molar-refractivity contribution < 1.29 is 37.0 Å². The van der Waals surface area contributed by atoms with Crippen LogP contribution in [-0.2, 0) is 19.6 Å². The predicted molar refractivity (Wildman–Crippen MR) is 119 cm³/mol. The Hall–Kier alpha value is -3.31. The van der Waals surface area contributed by atoms with Crippen LogP contribution in [0.4, 0.5) is 5.69 Å². The number of nitrogens with zero attached hydrogens (tertiary/aromatic N) is 1. The molecule has 1 heterocycles. The monoisotopic (exact) mass is 478 g/mol. The Morgan fingerprint density at radius 3 is 2.21 bits per heavy atom. The summed E-state index contributed by atoms with van der Waals surface area (Å²) in [5, 5.41) is 2.64. The second-order valence-electron chi connectivity index (χ2n) is 7.16. The Morgan fingerprint density at radius 1 is 1.00 bits per heavy atom. The zero-order valence-electron chi connectivity index (χ0n) is 18.8. The van der Waals surface area contributed by atoms with E-state index in [-0.39, 0.29) is 34.2 Å². The molecule has 2 aromatic rings. The second-order valence-corrected chi connectivity index (χ2v) is 9.02. The van der Waals surface area contributed by atoms with Gasteiger partial charge in [-0.3, -0.25) is 9.59 Å². The van der Waals surface area contributed by atoms with Crippen molar-refractivity contribution in [1.29, 1.82) is 0 Å². The minimum absolute atomic E-state index is 0.0757. The van der Waals surface area contributed by atoms with Crippen LogP contribution in [0.5, 0.6) is 17.2 Å². The molecule has 1 fully saturated rings. The number of carbonyl (C=O) groups is 2. The molecule has 3 rings (SSSR count). The third-order valence-corrected chi connectivity index (χ3v) is 7.29. The molecule has 1 aliphatic rings. The Labute approximate surface area is 192 Å². The van der Waals surface area contributed by atoms with Gasteiger partial charge in [0, 0.05) is 12.1 Å². The number of para-hydroxylation sites is 1. The van der Waals surface area contributed by atoms with Crippen LogP contribution in [0.15, 0.2) is 41.3 Å². The predicted octanol–water partition coefficient (Wildman–Crippen LogP) is 2.29. The average Bonchev–Trinajstić information content (AvgIpc) is 3.33. The summed E-state index contributed by atoms with van der Waals surface area (Å²) >= 11 is 0. The molecule has 33 heavy (non-hydrogen) atoms. The summed E-state index contributed by atoms with van der Waals surface area (Å²) in [5.41, 5.74) is 0.247. The molecular weight excluding hydrogens is 452 g/mol. The van der Waals surface area contributed by atoms with E-state index in [1.54, 1.807) is 12.1 Å². The zero-order chi connectivity index (χ0) is 24.2. The van der Waals surface area contributed by atoms with Crippen molar-refractivity contribution in [2.75, 3.05) is 40.3 Å². The van der Waals surface area contributed by atoms with Gasteiger partial charge in [-0.05, 0) is 37.1 Å². The fraction of sp³-hybridized carbons (Fsp3) is 0.364. The van der Waals surface area contributed by atoms with Crippen LogP contribution in [0, 0.1) is 0 Å². The van der Waals surface area contributed by atoms with E-state index in [1.165, 1.54) is 52.7 Å². The van der Waals surface area contributed by atoms with Crippen LogP contribution in [0.2, 0.25) is 0 Å². The number of hydrogen-bond donors (Lipinski definition) is 1. The highest BCUT2D eigenvalue weighted by Gasteiger charge is 2.41. The molecule has 10 nitrogen and oxygen atoms in total. The molecule has 178 valence electrons. The summed E-state index contributed by atoms with van der Waals surface area (Å²) in [4.78, 5) is 25.0. The normalized spacial score (nSPS) is 16.2. The lowest BCUT2D eigenvalue weighted by Crippen LogP contribution is -2.41. The summed E-state index contributed by atoms with van der Waals surface area (Å²) in [6.45, 7) is 0.178. The molecule has 0 aromatic heterocycles. The molecule has 11 heteroatoms. The Morgan fingerprint density at radius 2 is 1.64 bits per heavy atom. The van der Waals surface area contributed by atoms with Gasteiger partial charge in [0.15, 0.2) is 11.5 Å². The lowest BCUT2D eigenvalue weighted by molar-refractivity contribution is -0.144. The number of carbonyl (C=O) groups excluding carboxylic acids is 2. The van der Waals surface area contributed by atoms with Gasteiger partial charge in [0.2, 0.25) is 15.8 Å². The largest absolute Gasteiger partial charge is 0.493 e. The molecule has 2 aromatic carbocycles. The summed E-state index contributed by atoms with van der Waals surface area (Å²) in [6.07, 6.45) is 0.894. The van der Waals surface area contributed by atoms with E-state index in [0.717, 1.165) is 4.31 Å². The first-order valence-electron chi connectivity index (χ1n) is 10.1. The van der Waals surface area contributed by atoms with E-state index in [1.807, 2.05) is 0 Å². The van der Waals surface area contributed by atoms with E-state index < -0.39 is 27.9 Å².